The van der Waals surface area contributed by atoms with Gasteiger partial charge in [-0.15, -0.1) is 8.78 Å². The molecule has 0 saturated heterocycles. The fourth-order valence-electron chi connectivity index (χ4n) is 1.83. The molecule has 1 aliphatic rings. The molecule has 19 heavy (non-hydrogen) atoms. The van der Waals surface area contributed by atoms with E-state index < -0.39 is 6.29 Å². The van der Waals surface area contributed by atoms with E-state index in [2.05, 4.69) is 14.8 Å². The number of ether oxygens (including phenoxy) is 2. The van der Waals surface area contributed by atoms with Crippen LogP contribution in [0.1, 0.15) is 11.3 Å². The number of anilines is 1. The van der Waals surface area contributed by atoms with Crippen LogP contribution in [0.3, 0.4) is 0 Å². The normalized spacial score (nSPS) is 15.5. The molecular weight excluding hydrogens is 256 g/mol. The van der Waals surface area contributed by atoms with Crippen LogP contribution in [-0.2, 0) is 6.54 Å². The summed E-state index contributed by atoms with van der Waals surface area (Å²) in [7, 11) is 0. The lowest BCUT2D eigenvalue weighted by molar-refractivity contribution is -0.286. The summed E-state index contributed by atoms with van der Waals surface area (Å²) < 4.78 is 39.7. The molecule has 0 unspecified atom stereocenters. The number of fused-ring (bicyclic) bond motifs is 1. The van der Waals surface area contributed by atoms with Crippen LogP contribution in [0.25, 0.3) is 0 Å². The van der Waals surface area contributed by atoms with Crippen molar-refractivity contribution >= 4 is 5.69 Å². The van der Waals surface area contributed by atoms with Gasteiger partial charge < -0.3 is 19.2 Å². The molecule has 0 bridgehead atoms. The first-order chi connectivity index (χ1) is 9.03. The van der Waals surface area contributed by atoms with Crippen molar-refractivity contribution in [1.82, 2.24) is 0 Å². The average Bonchev–Trinajstić information content (AvgIpc) is 2.87. The molecule has 3 rings (SSSR count). The summed E-state index contributed by atoms with van der Waals surface area (Å²) >= 11 is 0. The van der Waals surface area contributed by atoms with Gasteiger partial charge in [0.2, 0.25) is 0 Å². The number of aryl methyl sites for hydroxylation is 1. The van der Waals surface area contributed by atoms with Gasteiger partial charge in [0.05, 0.1) is 12.8 Å². The van der Waals surface area contributed by atoms with E-state index in [0.29, 0.717) is 12.2 Å². The average molecular weight is 267 g/mol. The number of rotatable bonds is 3. The maximum Gasteiger partial charge on any atom is 0.586 e. The van der Waals surface area contributed by atoms with Gasteiger partial charge in [-0.1, -0.05) is 0 Å². The smallest absolute Gasteiger partial charge is 0.467 e. The van der Waals surface area contributed by atoms with Crippen molar-refractivity contribution in [1.29, 1.82) is 0 Å². The Bertz CT molecular complexity index is 610. The van der Waals surface area contributed by atoms with Crippen LogP contribution in [-0.4, -0.2) is 6.29 Å². The minimum atomic E-state index is -3.58. The lowest BCUT2D eigenvalue weighted by Gasteiger charge is -2.06. The fraction of sp³-hybridized carbons (Fsp3) is 0.231. The molecule has 0 radical (unpaired) electrons. The van der Waals surface area contributed by atoms with Gasteiger partial charge in [-0.25, -0.2) is 0 Å². The minimum absolute atomic E-state index is 0.0196. The zero-order valence-electron chi connectivity index (χ0n) is 10.1. The SMILES string of the molecule is Cc1ccoc1CNc1ccc2c(c1)OC(F)(F)O2. The molecule has 1 N–H and O–H groups in total. The summed E-state index contributed by atoms with van der Waals surface area (Å²) in [4.78, 5) is 0. The van der Waals surface area contributed by atoms with Crippen molar-refractivity contribution in [2.45, 2.75) is 19.8 Å². The molecule has 2 heterocycles. The molecule has 0 atom stereocenters. The summed E-state index contributed by atoms with van der Waals surface area (Å²) in [6, 6.07) is 6.40. The number of halogens is 2. The van der Waals surface area contributed by atoms with E-state index in [9.17, 15) is 8.78 Å². The second-order valence-corrected chi connectivity index (χ2v) is 4.21. The molecule has 1 aromatic carbocycles. The van der Waals surface area contributed by atoms with Crippen LogP contribution in [0, 0.1) is 6.92 Å². The third-order valence-electron chi connectivity index (χ3n) is 2.82. The molecular formula is C13H11F2NO3. The lowest BCUT2D eigenvalue weighted by Crippen LogP contribution is -2.25. The van der Waals surface area contributed by atoms with Crippen molar-refractivity contribution in [3.05, 3.63) is 41.9 Å². The highest BCUT2D eigenvalue weighted by molar-refractivity contribution is 5.56. The molecule has 0 amide bonds. The van der Waals surface area contributed by atoms with E-state index in [-0.39, 0.29) is 11.5 Å². The third kappa shape index (κ3) is 2.33. The number of nitrogens with one attached hydrogen (secondary N) is 1. The second-order valence-electron chi connectivity index (χ2n) is 4.21. The first-order valence-electron chi connectivity index (χ1n) is 5.70. The Balaban J connectivity index is 1.72. The van der Waals surface area contributed by atoms with Crippen LogP contribution in [0.2, 0.25) is 0 Å². The molecule has 2 aromatic rings. The molecule has 4 nitrogen and oxygen atoms in total. The van der Waals surface area contributed by atoms with Crippen molar-refractivity contribution in [2.75, 3.05) is 5.32 Å². The molecule has 1 aliphatic heterocycles. The number of hydrogen-bond acceptors (Lipinski definition) is 4. The number of benzene rings is 1. The first-order valence-corrected chi connectivity index (χ1v) is 5.70. The molecule has 0 spiro atoms. The van der Waals surface area contributed by atoms with E-state index in [1.165, 1.54) is 12.1 Å². The van der Waals surface area contributed by atoms with Crippen LogP contribution < -0.4 is 14.8 Å². The Morgan fingerprint density at radius 2 is 1.95 bits per heavy atom. The van der Waals surface area contributed by atoms with E-state index in [1.54, 1.807) is 12.3 Å². The number of furan rings is 1. The van der Waals surface area contributed by atoms with Crippen molar-refractivity contribution in [3.63, 3.8) is 0 Å². The summed E-state index contributed by atoms with van der Waals surface area (Å²) in [6.07, 6.45) is -1.98. The van der Waals surface area contributed by atoms with E-state index in [4.69, 9.17) is 4.42 Å². The molecule has 6 heteroatoms. The minimum Gasteiger partial charge on any atom is -0.467 e. The lowest BCUT2D eigenvalue weighted by atomic mass is 10.2. The third-order valence-corrected chi connectivity index (χ3v) is 2.82. The Morgan fingerprint density at radius 3 is 2.68 bits per heavy atom. The predicted molar refractivity (Wildman–Crippen MR) is 63.4 cm³/mol. The number of alkyl halides is 2. The maximum absolute atomic E-state index is 12.9. The highest BCUT2D eigenvalue weighted by atomic mass is 19.3. The zero-order valence-corrected chi connectivity index (χ0v) is 10.1. The van der Waals surface area contributed by atoms with Gasteiger partial charge in [-0.05, 0) is 30.7 Å². The monoisotopic (exact) mass is 267 g/mol. The van der Waals surface area contributed by atoms with Gasteiger partial charge in [-0.2, -0.15) is 0 Å². The Morgan fingerprint density at radius 1 is 1.16 bits per heavy atom. The summed E-state index contributed by atoms with van der Waals surface area (Å²) in [5, 5.41) is 3.07. The van der Waals surface area contributed by atoms with Gasteiger partial charge >= 0.3 is 6.29 Å². The second kappa shape index (κ2) is 4.15. The molecule has 0 fully saturated rings. The highest BCUT2D eigenvalue weighted by Gasteiger charge is 2.43. The molecule has 100 valence electrons. The van der Waals surface area contributed by atoms with Gasteiger partial charge in [0.1, 0.15) is 5.76 Å². The largest absolute Gasteiger partial charge is 0.586 e. The van der Waals surface area contributed by atoms with Crippen LogP contribution in [0.5, 0.6) is 11.5 Å². The van der Waals surface area contributed by atoms with Crippen molar-refractivity contribution in [3.8, 4) is 11.5 Å². The van der Waals surface area contributed by atoms with Gasteiger partial charge in [-0.3, -0.25) is 0 Å². The quantitative estimate of drug-likeness (QED) is 0.924. The Hall–Kier alpha value is -2.24. The van der Waals surface area contributed by atoms with Gasteiger partial charge in [0, 0.05) is 11.8 Å². The molecule has 1 aromatic heterocycles. The maximum atomic E-state index is 12.9. The van der Waals surface area contributed by atoms with Crippen molar-refractivity contribution < 1.29 is 22.7 Å². The number of hydrogen-bond donors (Lipinski definition) is 1. The Kier molecular flexibility index (Phi) is 2.58. The first kappa shape index (κ1) is 11.8. The van der Waals surface area contributed by atoms with E-state index in [0.717, 1.165) is 11.3 Å². The van der Waals surface area contributed by atoms with Crippen molar-refractivity contribution in [2.24, 2.45) is 0 Å². The van der Waals surface area contributed by atoms with Crippen LogP contribution >= 0.6 is 0 Å². The summed E-state index contributed by atoms with van der Waals surface area (Å²) in [6.45, 7) is 2.40. The van der Waals surface area contributed by atoms with E-state index >= 15 is 0 Å². The summed E-state index contributed by atoms with van der Waals surface area (Å²) in [5.41, 5.74) is 1.68. The van der Waals surface area contributed by atoms with Gasteiger partial charge in [0.15, 0.2) is 11.5 Å². The molecule has 0 aliphatic carbocycles. The van der Waals surface area contributed by atoms with Crippen LogP contribution in [0.4, 0.5) is 14.5 Å². The van der Waals surface area contributed by atoms with Crippen LogP contribution in [0.15, 0.2) is 34.9 Å². The standard InChI is InChI=1S/C13H11F2NO3/c1-8-4-5-17-12(8)7-16-9-2-3-10-11(6-9)19-13(14,15)18-10/h2-6,16H,7H2,1H3. The summed E-state index contributed by atoms with van der Waals surface area (Å²) in [5.74, 6) is 0.846. The zero-order chi connectivity index (χ0) is 13.5. The van der Waals surface area contributed by atoms with E-state index in [1.807, 2.05) is 13.0 Å². The fourth-order valence-corrected chi connectivity index (χ4v) is 1.83. The highest BCUT2D eigenvalue weighted by Crippen LogP contribution is 2.42. The Labute approximate surface area is 107 Å². The topological polar surface area (TPSA) is 43.6 Å². The molecule has 0 saturated carbocycles. The van der Waals surface area contributed by atoms with Gasteiger partial charge in [0.25, 0.3) is 0 Å². The predicted octanol–water partition coefficient (Wildman–Crippen LogP) is 3.52.